The molecule has 150 valence electrons. The van der Waals surface area contributed by atoms with Crippen LogP contribution in [0.5, 0.6) is 0 Å². The second-order valence-corrected chi connectivity index (χ2v) is 7.78. The summed E-state index contributed by atoms with van der Waals surface area (Å²) in [5.41, 5.74) is 1.36. The number of amides is 1. The van der Waals surface area contributed by atoms with E-state index >= 15 is 0 Å². The van der Waals surface area contributed by atoms with Crippen molar-refractivity contribution in [3.05, 3.63) is 35.9 Å². The number of aryl methyl sites for hydroxylation is 1. The summed E-state index contributed by atoms with van der Waals surface area (Å²) >= 11 is 0. The van der Waals surface area contributed by atoms with Gasteiger partial charge in [0, 0.05) is 18.4 Å². The smallest absolute Gasteiger partial charge is 0.305 e. The minimum absolute atomic E-state index is 0.0485. The first-order chi connectivity index (χ1) is 13.1. The number of nitrogens with one attached hydrogen (secondary N) is 1. The Morgan fingerprint density at radius 3 is 2.59 bits per heavy atom. The zero-order chi connectivity index (χ0) is 19.5. The van der Waals surface area contributed by atoms with Crippen molar-refractivity contribution in [1.82, 2.24) is 5.32 Å². The number of unbranched alkanes of at least 4 members (excludes halogenated alkanes) is 2. The molecule has 1 aliphatic rings. The van der Waals surface area contributed by atoms with Gasteiger partial charge in [-0.15, -0.1) is 0 Å². The van der Waals surface area contributed by atoms with Gasteiger partial charge in [-0.3, -0.25) is 9.59 Å². The zero-order valence-electron chi connectivity index (χ0n) is 16.9. The Balaban J connectivity index is 1.50. The molecule has 1 saturated heterocycles. The first-order valence-electron chi connectivity index (χ1n) is 10.6. The van der Waals surface area contributed by atoms with Gasteiger partial charge in [-0.05, 0) is 56.4 Å². The van der Waals surface area contributed by atoms with Gasteiger partial charge in [0.1, 0.15) is 0 Å². The number of hydrogen-bond donors (Lipinski definition) is 1. The lowest BCUT2D eigenvalue weighted by Gasteiger charge is -2.17. The van der Waals surface area contributed by atoms with E-state index < -0.39 is 0 Å². The summed E-state index contributed by atoms with van der Waals surface area (Å²) in [6.45, 7) is 4.80. The van der Waals surface area contributed by atoms with E-state index in [-0.39, 0.29) is 17.8 Å². The molecule has 0 radical (unpaired) electrons. The Morgan fingerprint density at radius 2 is 1.85 bits per heavy atom. The van der Waals surface area contributed by atoms with E-state index in [0.29, 0.717) is 25.0 Å². The van der Waals surface area contributed by atoms with Crippen molar-refractivity contribution >= 4 is 11.9 Å². The molecule has 1 heterocycles. The van der Waals surface area contributed by atoms with Crippen molar-refractivity contribution in [3.8, 4) is 0 Å². The molecule has 1 fully saturated rings. The van der Waals surface area contributed by atoms with Gasteiger partial charge in [0.15, 0.2) is 0 Å². The summed E-state index contributed by atoms with van der Waals surface area (Å²) < 4.78 is 5.33. The lowest BCUT2D eigenvalue weighted by Crippen LogP contribution is -2.27. The van der Waals surface area contributed by atoms with Gasteiger partial charge in [-0.1, -0.05) is 50.6 Å². The standard InChI is InChI=1S/C23H35NO3/c1-3-11-21-18(2)20(23(26)24-21)15-10-16-22(25)27-17-9-5-8-14-19-12-6-4-7-13-19/h4,6-7,12-13,18,20-21H,3,5,8-11,14-17H2,1-2H3,(H,24,26). The quantitative estimate of drug-likeness (QED) is 0.428. The van der Waals surface area contributed by atoms with E-state index in [4.69, 9.17) is 4.74 Å². The number of benzene rings is 1. The van der Waals surface area contributed by atoms with Crippen molar-refractivity contribution in [2.45, 2.75) is 77.7 Å². The fourth-order valence-corrected chi connectivity index (χ4v) is 3.96. The number of hydrogen-bond acceptors (Lipinski definition) is 3. The molecule has 1 aromatic carbocycles. The molecule has 2 rings (SSSR count). The predicted octanol–water partition coefficient (Wildman–Crippen LogP) is 4.66. The van der Waals surface area contributed by atoms with E-state index in [2.05, 4.69) is 43.4 Å². The third kappa shape index (κ3) is 7.36. The average molecular weight is 374 g/mol. The first kappa shape index (κ1) is 21.5. The lowest BCUT2D eigenvalue weighted by molar-refractivity contribution is -0.144. The van der Waals surface area contributed by atoms with Crippen LogP contribution in [0.4, 0.5) is 0 Å². The fraction of sp³-hybridized carbons (Fsp3) is 0.652. The van der Waals surface area contributed by atoms with Crippen molar-refractivity contribution in [2.75, 3.05) is 6.61 Å². The number of carbonyl (C=O) groups excluding carboxylic acids is 2. The van der Waals surface area contributed by atoms with Crippen molar-refractivity contribution in [2.24, 2.45) is 11.8 Å². The van der Waals surface area contributed by atoms with Crippen molar-refractivity contribution in [1.29, 1.82) is 0 Å². The molecule has 0 spiro atoms. The van der Waals surface area contributed by atoms with E-state index in [1.807, 2.05) is 6.07 Å². The molecule has 4 heteroatoms. The van der Waals surface area contributed by atoms with E-state index in [0.717, 1.165) is 51.4 Å². The Labute approximate surface area is 164 Å². The maximum Gasteiger partial charge on any atom is 0.305 e. The highest BCUT2D eigenvalue weighted by Crippen LogP contribution is 2.29. The number of esters is 1. The second-order valence-electron chi connectivity index (χ2n) is 7.78. The van der Waals surface area contributed by atoms with Crippen LogP contribution in [-0.4, -0.2) is 24.5 Å². The maximum atomic E-state index is 12.1. The van der Waals surface area contributed by atoms with E-state index in [1.54, 1.807) is 0 Å². The van der Waals surface area contributed by atoms with E-state index in [9.17, 15) is 9.59 Å². The molecule has 1 N–H and O–H groups in total. The van der Waals surface area contributed by atoms with Crippen LogP contribution in [-0.2, 0) is 20.7 Å². The van der Waals surface area contributed by atoms with Gasteiger partial charge in [-0.2, -0.15) is 0 Å². The zero-order valence-corrected chi connectivity index (χ0v) is 16.9. The summed E-state index contributed by atoms with van der Waals surface area (Å²) in [6.07, 6.45) is 8.23. The summed E-state index contributed by atoms with van der Waals surface area (Å²) in [7, 11) is 0. The molecule has 27 heavy (non-hydrogen) atoms. The summed E-state index contributed by atoms with van der Waals surface area (Å²) in [4.78, 5) is 24.0. The van der Waals surface area contributed by atoms with Crippen LogP contribution < -0.4 is 5.32 Å². The highest BCUT2D eigenvalue weighted by Gasteiger charge is 2.37. The number of ether oxygens (including phenoxy) is 1. The fourth-order valence-electron chi connectivity index (χ4n) is 3.96. The maximum absolute atomic E-state index is 12.1. The Bertz CT molecular complexity index is 572. The molecule has 0 aromatic heterocycles. The van der Waals surface area contributed by atoms with Crippen molar-refractivity contribution in [3.63, 3.8) is 0 Å². The van der Waals surface area contributed by atoms with Gasteiger partial charge in [0.05, 0.1) is 6.61 Å². The van der Waals surface area contributed by atoms with Crippen molar-refractivity contribution < 1.29 is 14.3 Å². The second kappa shape index (κ2) is 11.8. The highest BCUT2D eigenvalue weighted by atomic mass is 16.5. The van der Waals surface area contributed by atoms with Gasteiger partial charge in [0.2, 0.25) is 5.91 Å². The Kier molecular flexibility index (Phi) is 9.37. The normalized spacial score (nSPS) is 21.9. The monoisotopic (exact) mass is 373 g/mol. The van der Waals surface area contributed by atoms with Gasteiger partial charge < -0.3 is 10.1 Å². The molecule has 0 bridgehead atoms. The Hall–Kier alpha value is -1.84. The predicted molar refractivity (Wildman–Crippen MR) is 108 cm³/mol. The van der Waals surface area contributed by atoms with Crippen LogP contribution in [0, 0.1) is 11.8 Å². The molecule has 4 nitrogen and oxygen atoms in total. The molecule has 0 aliphatic carbocycles. The van der Waals surface area contributed by atoms with E-state index in [1.165, 1.54) is 5.56 Å². The van der Waals surface area contributed by atoms with Gasteiger partial charge >= 0.3 is 5.97 Å². The molecule has 1 amide bonds. The minimum Gasteiger partial charge on any atom is -0.466 e. The van der Waals surface area contributed by atoms with Gasteiger partial charge in [-0.25, -0.2) is 0 Å². The van der Waals surface area contributed by atoms with Crippen LogP contribution in [0.2, 0.25) is 0 Å². The minimum atomic E-state index is -0.130. The molecular weight excluding hydrogens is 338 g/mol. The number of rotatable bonds is 12. The van der Waals surface area contributed by atoms with Crippen LogP contribution in [0.25, 0.3) is 0 Å². The summed E-state index contributed by atoms with van der Waals surface area (Å²) in [5.74, 6) is 0.437. The van der Waals surface area contributed by atoms with Crippen LogP contribution in [0.1, 0.15) is 70.8 Å². The summed E-state index contributed by atoms with van der Waals surface area (Å²) in [5, 5.41) is 3.10. The molecular formula is C23H35NO3. The molecule has 1 aliphatic heterocycles. The third-order valence-corrected chi connectivity index (χ3v) is 5.65. The SMILES string of the molecule is CCCC1NC(=O)C(CCCC(=O)OCCCCCc2ccccc2)C1C. The van der Waals surface area contributed by atoms with Crippen LogP contribution in [0.3, 0.4) is 0 Å². The molecule has 0 saturated carbocycles. The summed E-state index contributed by atoms with van der Waals surface area (Å²) in [6, 6.07) is 10.8. The van der Waals surface area contributed by atoms with Gasteiger partial charge in [0.25, 0.3) is 0 Å². The molecule has 3 unspecified atom stereocenters. The van der Waals surface area contributed by atoms with Crippen LogP contribution >= 0.6 is 0 Å². The van der Waals surface area contributed by atoms with Crippen LogP contribution in [0.15, 0.2) is 30.3 Å². The largest absolute Gasteiger partial charge is 0.466 e. The highest BCUT2D eigenvalue weighted by molar-refractivity contribution is 5.81. The lowest BCUT2D eigenvalue weighted by atomic mass is 9.86. The first-order valence-corrected chi connectivity index (χ1v) is 10.6. The average Bonchev–Trinajstić information content (AvgIpc) is 2.93. The molecule has 1 aromatic rings. The Morgan fingerprint density at radius 1 is 1.07 bits per heavy atom. The third-order valence-electron chi connectivity index (χ3n) is 5.65. The molecule has 3 atom stereocenters. The topological polar surface area (TPSA) is 55.4 Å². The number of carbonyl (C=O) groups is 2.